The van der Waals surface area contributed by atoms with Crippen molar-refractivity contribution in [2.45, 2.75) is 34.0 Å². The van der Waals surface area contributed by atoms with E-state index >= 15 is 0 Å². The first-order valence-corrected chi connectivity index (χ1v) is 5.34. The molecule has 82 valence electrons. The molecule has 2 nitrogen and oxygen atoms in total. The smallest absolute Gasteiger partial charge is 0.160 e. The van der Waals surface area contributed by atoms with E-state index in [0.717, 1.165) is 13.2 Å². The van der Waals surface area contributed by atoms with Gasteiger partial charge in [0.2, 0.25) is 0 Å². The summed E-state index contributed by atoms with van der Waals surface area (Å²) in [5.41, 5.74) is 0.0608. The summed E-state index contributed by atoms with van der Waals surface area (Å²) in [6, 6.07) is 0. The molecule has 1 unspecified atom stereocenters. The van der Waals surface area contributed by atoms with Gasteiger partial charge in [0.15, 0.2) is 6.29 Å². The van der Waals surface area contributed by atoms with E-state index < -0.39 is 0 Å². The molecule has 1 saturated heterocycles. The Kier molecular flexibility index (Phi) is 3.73. The minimum absolute atomic E-state index is 0.0608. The molecule has 0 amide bonds. The molecule has 1 atom stereocenters. The summed E-state index contributed by atoms with van der Waals surface area (Å²) in [7, 11) is 0. The standard InChI is InChI=1S/C12H22O2/c1-6-12(4,5)10(3)11-13-7-9(2)8-14-11/h6,9-11H,1,7-8H2,2-5H3. The van der Waals surface area contributed by atoms with Crippen LogP contribution in [0.2, 0.25) is 0 Å². The summed E-state index contributed by atoms with van der Waals surface area (Å²) in [4.78, 5) is 0. The lowest BCUT2D eigenvalue weighted by Gasteiger charge is -2.38. The predicted molar refractivity (Wildman–Crippen MR) is 58.0 cm³/mol. The van der Waals surface area contributed by atoms with Gasteiger partial charge < -0.3 is 9.47 Å². The Bertz CT molecular complexity index is 190. The molecule has 0 bridgehead atoms. The molecular formula is C12H22O2. The van der Waals surface area contributed by atoms with Crippen molar-refractivity contribution in [2.75, 3.05) is 13.2 Å². The van der Waals surface area contributed by atoms with Gasteiger partial charge in [-0.3, -0.25) is 0 Å². The molecule has 1 fully saturated rings. The summed E-state index contributed by atoms with van der Waals surface area (Å²) in [5, 5.41) is 0. The molecule has 1 aliphatic heterocycles. The van der Waals surface area contributed by atoms with Crippen LogP contribution in [0.3, 0.4) is 0 Å². The molecule has 0 aliphatic carbocycles. The van der Waals surface area contributed by atoms with E-state index in [-0.39, 0.29) is 11.7 Å². The molecule has 2 heteroatoms. The second-order valence-electron chi connectivity index (χ2n) is 4.95. The predicted octanol–water partition coefficient (Wildman–Crippen LogP) is 2.84. The van der Waals surface area contributed by atoms with E-state index in [1.165, 1.54) is 0 Å². The van der Waals surface area contributed by atoms with Gasteiger partial charge in [-0.05, 0) is 5.41 Å². The monoisotopic (exact) mass is 198 g/mol. The van der Waals surface area contributed by atoms with E-state index in [2.05, 4.69) is 34.3 Å². The minimum atomic E-state index is -0.0702. The molecule has 1 rings (SSSR count). The summed E-state index contributed by atoms with van der Waals surface area (Å²) in [6.45, 7) is 14.1. The Hall–Kier alpha value is -0.340. The summed E-state index contributed by atoms with van der Waals surface area (Å²) in [5.74, 6) is 0.859. The topological polar surface area (TPSA) is 18.5 Å². The van der Waals surface area contributed by atoms with Crippen LogP contribution in [0.1, 0.15) is 27.7 Å². The van der Waals surface area contributed by atoms with Crippen molar-refractivity contribution in [3.05, 3.63) is 12.7 Å². The highest BCUT2D eigenvalue weighted by Gasteiger charge is 2.33. The zero-order valence-electron chi connectivity index (χ0n) is 9.75. The maximum absolute atomic E-state index is 5.67. The molecule has 0 N–H and O–H groups in total. The zero-order valence-corrected chi connectivity index (χ0v) is 9.75. The Balaban J connectivity index is 2.53. The van der Waals surface area contributed by atoms with Crippen molar-refractivity contribution in [3.8, 4) is 0 Å². The van der Waals surface area contributed by atoms with Crippen LogP contribution in [0.25, 0.3) is 0 Å². The van der Waals surface area contributed by atoms with Crippen LogP contribution in [0.5, 0.6) is 0 Å². The van der Waals surface area contributed by atoms with Crippen LogP contribution < -0.4 is 0 Å². The van der Waals surface area contributed by atoms with Crippen molar-refractivity contribution in [3.63, 3.8) is 0 Å². The maximum Gasteiger partial charge on any atom is 0.160 e. The molecule has 0 saturated carbocycles. The lowest BCUT2D eigenvalue weighted by molar-refractivity contribution is -0.230. The first-order chi connectivity index (χ1) is 6.47. The fraction of sp³-hybridized carbons (Fsp3) is 0.833. The lowest BCUT2D eigenvalue weighted by Crippen LogP contribution is -2.40. The average Bonchev–Trinajstić information content (AvgIpc) is 2.18. The van der Waals surface area contributed by atoms with E-state index in [0.29, 0.717) is 11.8 Å². The van der Waals surface area contributed by atoms with Crippen molar-refractivity contribution in [1.29, 1.82) is 0 Å². The molecule has 0 spiro atoms. The summed E-state index contributed by atoms with van der Waals surface area (Å²) >= 11 is 0. The highest BCUT2D eigenvalue weighted by atomic mass is 16.7. The molecule has 0 radical (unpaired) electrons. The van der Waals surface area contributed by atoms with E-state index in [4.69, 9.17) is 9.47 Å². The Morgan fingerprint density at radius 2 is 1.86 bits per heavy atom. The SMILES string of the molecule is C=CC(C)(C)C(C)C1OCC(C)CO1. The Labute approximate surface area is 87.3 Å². The second kappa shape index (κ2) is 4.45. The molecular weight excluding hydrogens is 176 g/mol. The average molecular weight is 198 g/mol. The number of ether oxygens (including phenoxy) is 2. The van der Waals surface area contributed by atoms with Gasteiger partial charge in [-0.15, -0.1) is 6.58 Å². The molecule has 14 heavy (non-hydrogen) atoms. The number of hydrogen-bond donors (Lipinski definition) is 0. The van der Waals surface area contributed by atoms with Crippen molar-refractivity contribution in [2.24, 2.45) is 17.3 Å². The second-order valence-corrected chi connectivity index (χ2v) is 4.95. The molecule has 1 heterocycles. The first-order valence-electron chi connectivity index (χ1n) is 5.34. The van der Waals surface area contributed by atoms with Crippen LogP contribution in [0, 0.1) is 17.3 Å². The highest BCUT2D eigenvalue weighted by molar-refractivity contribution is 4.92. The molecule has 0 aromatic rings. The van der Waals surface area contributed by atoms with E-state index in [1.807, 2.05) is 6.08 Å². The fourth-order valence-electron chi connectivity index (χ4n) is 1.44. The molecule has 1 aliphatic rings. The molecule has 0 aromatic carbocycles. The van der Waals surface area contributed by atoms with Gasteiger partial charge in [-0.25, -0.2) is 0 Å². The maximum atomic E-state index is 5.67. The third-order valence-electron chi connectivity index (χ3n) is 3.20. The fourth-order valence-corrected chi connectivity index (χ4v) is 1.44. The highest BCUT2D eigenvalue weighted by Crippen LogP contribution is 2.33. The quantitative estimate of drug-likeness (QED) is 0.649. The van der Waals surface area contributed by atoms with Gasteiger partial charge in [-0.1, -0.05) is 33.8 Å². The third-order valence-corrected chi connectivity index (χ3v) is 3.20. The van der Waals surface area contributed by atoms with E-state index in [9.17, 15) is 0 Å². The summed E-state index contributed by atoms with van der Waals surface area (Å²) in [6.07, 6.45) is 1.90. The van der Waals surface area contributed by atoms with Crippen LogP contribution >= 0.6 is 0 Å². The zero-order chi connectivity index (χ0) is 10.8. The van der Waals surface area contributed by atoms with Crippen LogP contribution in [-0.4, -0.2) is 19.5 Å². The van der Waals surface area contributed by atoms with Crippen LogP contribution in [0.4, 0.5) is 0 Å². The van der Waals surface area contributed by atoms with Gasteiger partial charge in [0.1, 0.15) is 0 Å². The Morgan fingerprint density at radius 1 is 1.36 bits per heavy atom. The minimum Gasteiger partial charge on any atom is -0.352 e. The van der Waals surface area contributed by atoms with Gasteiger partial charge in [-0.2, -0.15) is 0 Å². The van der Waals surface area contributed by atoms with Crippen molar-refractivity contribution in [1.82, 2.24) is 0 Å². The van der Waals surface area contributed by atoms with Crippen LogP contribution in [-0.2, 0) is 9.47 Å². The number of rotatable bonds is 3. The summed E-state index contributed by atoms with van der Waals surface area (Å²) < 4.78 is 11.3. The molecule has 0 aromatic heterocycles. The van der Waals surface area contributed by atoms with Gasteiger partial charge >= 0.3 is 0 Å². The van der Waals surface area contributed by atoms with E-state index in [1.54, 1.807) is 0 Å². The lowest BCUT2D eigenvalue weighted by atomic mass is 9.79. The largest absolute Gasteiger partial charge is 0.352 e. The van der Waals surface area contributed by atoms with Gasteiger partial charge in [0.25, 0.3) is 0 Å². The van der Waals surface area contributed by atoms with Crippen molar-refractivity contribution < 1.29 is 9.47 Å². The number of hydrogen-bond acceptors (Lipinski definition) is 2. The van der Waals surface area contributed by atoms with Crippen LogP contribution in [0.15, 0.2) is 12.7 Å². The third kappa shape index (κ3) is 2.58. The normalized spacial score (nSPS) is 31.1. The Morgan fingerprint density at radius 3 is 2.29 bits per heavy atom. The van der Waals surface area contributed by atoms with Crippen molar-refractivity contribution >= 4 is 0 Å². The first kappa shape index (κ1) is 11.7. The van der Waals surface area contributed by atoms with Gasteiger partial charge in [0.05, 0.1) is 13.2 Å². The van der Waals surface area contributed by atoms with Gasteiger partial charge in [0, 0.05) is 11.8 Å². The number of allylic oxidation sites excluding steroid dienone is 1.